The first-order chi connectivity index (χ1) is 10.2. The van der Waals surface area contributed by atoms with Crippen LogP contribution in [0.4, 0.5) is 0 Å². The van der Waals surface area contributed by atoms with Crippen LogP contribution in [0.25, 0.3) is 0 Å². The zero-order valence-corrected chi connectivity index (χ0v) is 15.1. The first kappa shape index (κ1) is 16.9. The highest BCUT2D eigenvalue weighted by molar-refractivity contribution is 9.10. The topological polar surface area (TPSA) is 12.0 Å². The summed E-state index contributed by atoms with van der Waals surface area (Å²) in [6.45, 7) is 3.11. The lowest BCUT2D eigenvalue weighted by Crippen LogP contribution is -2.33. The minimum atomic E-state index is 0.416. The molecule has 0 aliphatic rings. The largest absolute Gasteiger partial charge is 0.313 e. The van der Waals surface area contributed by atoms with Crippen LogP contribution < -0.4 is 5.32 Å². The molecule has 2 aromatic carbocycles. The van der Waals surface area contributed by atoms with Gasteiger partial charge >= 0.3 is 0 Å². The summed E-state index contributed by atoms with van der Waals surface area (Å²) in [7, 11) is 0. The van der Waals surface area contributed by atoms with Crippen molar-refractivity contribution in [1.29, 1.82) is 0 Å². The molecule has 2 rings (SSSR count). The smallest absolute Gasteiger partial charge is 0.0438 e. The molecule has 1 N–H and O–H groups in total. The molecule has 1 unspecified atom stereocenters. The Labute approximate surface area is 144 Å². The maximum absolute atomic E-state index is 6.27. The van der Waals surface area contributed by atoms with Crippen molar-refractivity contribution in [2.75, 3.05) is 12.3 Å². The van der Waals surface area contributed by atoms with Crippen LogP contribution in [0.1, 0.15) is 12.5 Å². The molecule has 21 heavy (non-hydrogen) atoms. The summed E-state index contributed by atoms with van der Waals surface area (Å²) >= 11 is 11.7. The Bertz CT molecular complexity index is 576. The fraction of sp³-hybridized carbons (Fsp3) is 0.294. The van der Waals surface area contributed by atoms with E-state index in [4.69, 9.17) is 11.6 Å². The van der Waals surface area contributed by atoms with Gasteiger partial charge in [-0.15, -0.1) is 11.8 Å². The number of hydrogen-bond donors (Lipinski definition) is 1. The molecular formula is C17H19BrClNS. The molecule has 0 spiro atoms. The van der Waals surface area contributed by atoms with E-state index in [-0.39, 0.29) is 0 Å². The van der Waals surface area contributed by atoms with Crippen molar-refractivity contribution in [1.82, 2.24) is 5.32 Å². The van der Waals surface area contributed by atoms with Crippen LogP contribution in [0, 0.1) is 0 Å². The Kier molecular flexibility index (Phi) is 7.11. The average molecular weight is 385 g/mol. The van der Waals surface area contributed by atoms with Crippen LogP contribution in [0.3, 0.4) is 0 Å². The number of likely N-dealkylation sites (N-methyl/N-ethyl adjacent to an activating group) is 1. The van der Waals surface area contributed by atoms with Crippen LogP contribution in [-0.2, 0) is 6.42 Å². The third-order valence-electron chi connectivity index (χ3n) is 3.16. The van der Waals surface area contributed by atoms with E-state index in [0.29, 0.717) is 6.04 Å². The summed E-state index contributed by atoms with van der Waals surface area (Å²) in [5, 5.41) is 4.41. The van der Waals surface area contributed by atoms with Crippen molar-refractivity contribution in [3.8, 4) is 0 Å². The predicted octanol–water partition coefficient (Wildman–Crippen LogP) is 5.42. The molecule has 0 heterocycles. The number of halogens is 2. The second-order valence-electron chi connectivity index (χ2n) is 4.82. The second kappa shape index (κ2) is 8.84. The molecule has 0 saturated carbocycles. The number of rotatable bonds is 7. The van der Waals surface area contributed by atoms with Gasteiger partial charge < -0.3 is 5.32 Å². The SMILES string of the molecule is CCNC(CSc1cccc(Br)c1)Cc1ccccc1Cl. The van der Waals surface area contributed by atoms with E-state index in [1.165, 1.54) is 10.5 Å². The Morgan fingerprint density at radius 3 is 2.71 bits per heavy atom. The summed E-state index contributed by atoms with van der Waals surface area (Å²) in [6, 6.07) is 16.9. The third-order valence-corrected chi connectivity index (χ3v) is 5.18. The van der Waals surface area contributed by atoms with Crippen molar-refractivity contribution >= 4 is 39.3 Å². The van der Waals surface area contributed by atoms with Gasteiger partial charge in [-0.2, -0.15) is 0 Å². The van der Waals surface area contributed by atoms with Crippen molar-refractivity contribution in [3.05, 3.63) is 63.6 Å². The normalized spacial score (nSPS) is 12.3. The Morgan fingerprint density at radius 1 is 1.19 bits per heavy atom. The molecule has 1 atom stereocenters. The molecule has 0 radical (unpaired) electrons. The Balaban J connectivity index is 1.97. The van der Waals surface area contributed by atoms with Gasteiger partial charge in [0.2, 0.25) is 0 Å². The second-order valence-corrected chi connectivity index (χ2v) is 7.23. The van der Waals surface area contributed by atoms with E-state index in [9.17, 15) is 0 Å². The highest BCUT2D eigenvalue weighted by atomic mass is 79.9. The van der Waals surface area contributed by atoms with Crippen molar-refractivity contribution < 1.29 is 0 Å². The van der Waals surface area contributed by atoms with E-state index in [1.807, 2.05) is 30.0 Å². The fourth-order valence-electron chi connectivity index (χ4n) is 2.16. The lowest BCUT2D eigenvalue weighted by atomic mass is 10.1. The highest BCUT2D eigenvalue weighted by Gasteiger charge is 2.11. The van der Waals surface area contributed by atoms with Gasteiger partial charge in [-0.3, -0.25) is 0 Å². The van der Waals surface area contributed by atoms with Gasteiger partial charge in [0, 0.05) is 26.2 Å². The third kappa shape index (κ3) is 5.67. The van der Waals surface area contributed by atoms with Gasteiger partial charge in [-0.05, 0) is 42.8 Å². The first-order valence-electron chi connectivity index (χ1n) is 7.04. The minimum Gasteiger partial charge on any atom is -0.313 e. The van der Waals surface area contributed by atoms with E-state index < -0.39 is 0 Å². The molecule has 0 aliphatic heterocycles. The van der Waals surface area contributed by atoms with Gasteiger partial charge in [0.05, 0.1) is 0 Å². The minimum absolute atomic E-state index is 0.416. The highest BCUT2D eigenvalue weighted by Crippen LogP contribution is 2.24. The average Bonchev–Trinajstić information content (AvgIpc) is 2.47. The fourth-order valence-corrected chi connectivity index (χ4v) is 3.94. The number of thioether (sulfide) groups is 1. The van der Waals surface area contributed by atoms with Crippen molar-refractivity contribution in [3.63, 3.8) is 0 Å². The van der Waals surface area contributed by atoms with Crippen LogP contribution in [0.15, 0.2) is 57.9 Å². The predicted molar refractivity (Wildman–Crippen MR) is 97.5 cm³/mol. The van der Waals surface area contributed by atoms with Crippen LogP contribution in [0.2, 0.25) is 5.02 Å². The zero-order chi connectivity index (χ0) is 15.1. The van der Waals surface area contributed by atoms with E-state index in [0.717, 1.165) is 28.2 Å². The Hall–Kier alpha value is -0.480. The molecule has 2 aromatic rings. The summed E-state index contributed by atoms with van der Waals surface area (Å²) in [4.78, 5) is 1.28. The number of hydrogen-bond acceptors (Lipinski definition) is 2. The molecule has 0 amide bonds. The molecule has 0 aromatic heterocycles. The molecule has 112 valence electrons. The standard InChI is InChI=1S/C17H19BrClNS/c1-2-20-15(10-13-6-3-4-9-17(13)19)12-21-16-8-5-7-14(18)11-16/h3-9,11,15,20H,2,10,12H2,1H3. The van der Waals surface area contributed by atoms with Gasteiger partial charge in [0.1, 0.15) is 0 Å². The lowest BCUT2D eigenvalue weighted by Gasteiger charge is -2.18. The molecular weight excluding hydrogens is 366 g/mol. The van der Waals surface area contributed by atoms with Crippen LogP contribution in [-0.4, -0.2) is 18.3 Å². The molecule has 0 fully saturated rings. The summed E-state index contributed by atoms with van der Waals surface area (Å²) < 4.78 is 1.12. The zero-order valence-electron chi connectivity index (χ0n) is 12.0. The summed E-state index contributed by atoms with van der Waals surface area (Å²) in [5.74, 6) is 1.02. The maximum atomic E-state index is 6.27. The molecule has 0 bridgehead atoms. The van der Waals surface area contributed by atoms with E-state index >= 15 is 0 Å². The van der Waals surface area contributed by atoms with Crippen LogP contribution >= 0.6 is 39.3 Å². The maximum Gasteiger partial charge on any atom is 0.0438 e. The molecule has 0 aliphatic carbocycles. The quantitative estimate of drug-likeness (QED) is 0.640. The lowest BCUT2D eigenvalue weighted by molar-refractivity contribution is 0.573. The monoisotopic (exact) mass is 383 g/mol. The summed E-state index contributed by atoms with van der Waals surface area (Å²) in [5.41, 5.74) is 1.21. The summed E-state index contributed by atoms with van der Waals surface area (Å²) in [6.07, 6.45) is 0.953. The van der Waals surface area contributed by atoms with Gasteiger partial charge in [-0.25, -0.2) is 0 Å². The van der Waals surface area contributed by atoms with Gasteiger partial charge in [0.15, 0.2) is 0 Å². The van der Waals surface area contributed by atoms with Gasteiger partial charge in [0.25, 0.3) is 0 Å². The van der Waals surface area contributed by atoms with Crippen LogP contribution in [0.5, 0.6) is 0 Å². The molecule has 1 nitrogen and oxygen atoms in total. The first-order valence-corrected chi connectivity index (χ1v) is 9.20. The van der Waals surface area contributed by atoms with E-state index in [1.54, 1.807) is 0 Å². The number of nitrogens with one attached hydrogen (secondary N) is 1. The Morgan fingerprint density at radius 2 is 2.00 bits per heavy atom. The van der Waals surface area contributed by atoms with E-state index in [2.05, 4.69) is 58.5 Å². The molecule has 0 saturated heterocycles. The van der Waals surface area contributed by atoms with Gasteiger partial charge in [-0.1, -0.05) is 58.7 Å². The molecule has 4 heteroatoms. The van der Waals surface area contributed by atoms with Crippen molar-refractivity contribution in [2.24, 2.45) is 0 Å². The van der Waals surface area contributed by atoms with Crippen molar-refractivity contribution in [2.45, 2.75) is 24.3 Å². The number of benzene rings is 2.